The first-order valence-corrected chi connectivity index (χ1v) is 8.60. The smallest absolute Gasteiger partial charge is 0.148 e. The van der Waals surface area contributed by atoms with Gasteiger partial charge in [-0.1, -0.05) is 36.6 Å². The summed E-state index contributed by atoms with van der Waals surface area (Å²) in [5.41, 5.74) is 2.20. The van der Waals surface area contributed by atoms with Crippen molar-refractivity contribution < 1.29 is 9.90 Å². The van der Waals surface area contributed by atoms with Crippen LogP contribution in [0.2, 0.25) is 5.02 Å². The fourth-order valence-corrected chi connectivity index (χ4v) is 3.65. The average molecular weight is 324 g/mol. The van der Waals surface area contributed by atoms with Crippen molar-refractivity contribution in [1.82, 2.24) is 4.90 Å². The van der Waals surface area contributed by atoms with Crippen LogP contribution in [0.15, 0.2) is 18.2 Å². The van der Waals surface area contributed by atoms with Crippen molar-refractivity contribution >= 4 is 17.4 Å². The van der Waals surface area contributed by atoms with Gasteiger partial charge in [0.1, 0.15) is 5.78 Å². The third-order valence-electron chi connectivity index (χ3n) is 4.61. The van der Waals surface area contributed by atoms with Gasteiger partial charge in [0.2, 0.25) is 0 Å². The van der Waals surface area contributed by atoms with Gasteiger partial charge in [-0.15, -0.1) is 0 Å². The van der Waals surface area contributed by atoms with Crippen molar-refractivity contribution in [2.45, 2.75) is 51.5 Å². The van der Waals surface area contributed by atoms with Gasteiger partial charge in [-0.25, -0.2) is 0 Å². The molecule has 22 heavy (non-hydrogen) atoms. The summed E-state index contributed by atoms with van der Waals surface area (Å²) in [4.78, 5) is 13.3. The third kappa shape index (κ3) is 4.80. The predicted molar refractivity (Wildman–Crippen MR) is 90.4 cm³/mol. The molecule has 2 aliphatic rings. The van der Waals surface area contributed by atoms with Gasteiger partial charge in [-0.2, -0.15) is 0 Å². The van der Waals surface area contributed by atoms with E-state index in [4.69, 9.17) is 16.7 Å². The Morgan fingerprint density at radius 3 is 2.59 bits per heavy atom. The van der Waals surface area contributed by atoms with E-state index in [-0.39, 0.29) is 6.61 Å². The minimum Gasteiger partial charge on any atom is -0.396 e. The maximum atomic E-state index is 11.0. The summed E-state index contributed by atoms with van der Waals surface area (Å²) in [5.74, 6) is 0.442. The third-order valence-corrected chi connectivity index (χ3v) is 4.97. The van der Waals surface area contributed by atoms with Crippen LogP contribution in [-0.2, 0) is 11.2 Å². The van der Waals surface area contributed by atoms with Crippen LogP contribution in [-0.4, -0.2) is 41.5 Å². The number of carbonyl (C=O) groups is 1. The second kappa shape index (κ2) is 8.66. The van der Waals surface area contributed by atoms with Gasteiger partial charge in [0.05, 0.1) is 6.54 Å². The minimum absolute atomic E-state index is 0.157. The molecule has 122 valence electrons. The molecule has 3 nitrogen and oxygen atoms in total. The number of Topliss-reactive ketones (excluding diaryl/α,β-unsaturated/α-hetero) is 1. The van der Waals surface area contributed by atoms with E-state index in [2.05, 4.69) is 4.90 Å². The van der Waals surface area contributed by atoms with E-state index in [9.17, 15) is 4.79 Å². The number of ketones is 1. The minimum atomic E-state index is 0.157. The van der Waals surface area contributed by atoms with Crippen molar-refractivity contribution in [2.75, 3.05) is 19.7 Å². The van der Waals surface area contributed by atoms with Crippen molar-refractivity contribution in [3.8, 4) is 0 Å². The fraction of sp³-hybridized carbons (Fsp3) is 0.611. The highest BCUT2D eigenvalue weighted by atomic mass is 35.5. The van der Waals surface area contributed by atoms with Gasteiger partial charge in [0, 0.05) is 30.6 Å². The highest BCUT2D eigenvalue weighted by Gasteiger charge is 2.28. The summed E-state index contributed by atoms with van der Waals surface area (Å²) in [5, 5.41) is 9.46. The second-order valence-electron chi connectivity index (χ2n) is 6.21. The molecule has 0 radical (unpaired) electrons. The van der Waals surface area contributed by atoms with Crippen molar-refractivity contribution in [3.63, 3.8) is 0 Å². The Balaban J connectivity index is 0.000000160. The Hall–Kier alpha value is -0.900. The van der Waals surface area contributed by atoms with Gasteiger partial charge in [0.15, 0.2) is 0 Å². The molecule has 0 bridgehead atoms. The molecular weight excluding hydrogens is 298 g/mol. The lowest BCUT2D eigenvalue weighted by molar-refractivity contribution is -0.117. The van der Waals surface area contributed by atoms with Crippen LogP contribution >= 0.6 is 11.6 Å². The zero-order chi connectivity index (χ0) is 15.9. The van der Waals surface area contributed by atoms with Crippen molar-refractivity contribution in [1.29, 1.82) is 0 Å². The summed E-state index contributed by atoms with van der Waals surface area (Å²) < 4.78 is 0. The Morgan fingerprint density at radius 1 is 1.32 bits per heavy atom. The van der Waals surface area contributed by atoms with E-state index >= 15 is 0 Å². The Labute approximate surface area is 138 Å². The number of benzene rings is 1. The average Bonchev–Trinajstić information content (AvgIpc) is 3.15. The number of nitrogens with zero attached hydrogens (tertiary/aromatic N) is 1. The van der Waals surface area contributed by atoms with E-state index in [0.29, 0.717) is 12.2 Å². The fourth-order valence-electron chi connectivity index (χ4n) is 3.33. The molecule has 0 aromatic heterocycles. The summed E-state index contributed by atoms with van der Waals surface area (Å²) in [6, 6.07) is 6.51. The summed E-state index contributed by atoms with van der Waals surface area (Å²) in [6.45, 7) is 3.93. The Bertz CT molecular complexity index is 478. The van der Waals surface area contributed by atoms with Gasteiger partial charge in [-0.3, -0.25) is 9.69 Å². The van der Waals surface area contributed by atoms with E-state index in [1.165, 1.54) is 25.7 Å². The highest BCUT2D eigenvalue weighted by molar-refractivity contribution is 6.31. The molecular formula is C18H26ClNO2. The van der Waals surface area contributed by atoms with Crippen molar-refractivity contribution in [2.24, 2.45) is 0 Å². The molecule has 3 rings (SSSR count). The maximum Gasteiger partial charge on any atom is 0.148 e. The number of hydrogen-bond donors (Lipinski definition) is 1. The number of rotatable bonds is 3. The number of aliphatic hydroxyl groups is 1. The van der Waals surface area contributed by atoms with Crippen molar-refractivity contribution in [3.05, 3.63) is 34.3 Å². The first-order chi connectivity index (χ1) is 10.6. The molecule has 1 aliphatic heterocycles. The number of halogens is 1. The number of carbonyl (C=O) groups excluding carboxylic acids is 1. The van der Waals surface area contributed by atoms with E-state index < -0.39 is 0 Å². The molecule has 1 aliphatic carbocycles. The van der Waals surface area contributed by atoms with Gasteiger partial charge >= 0.3 is 0 Å². The van der Waals surface area contributed by atoms with Gasteiger partial charge in [0.25, 0.3) is 0 Å². The number of aliphatic hydroxyl groups excluding tert-OH is 1. The molecule has 1 saturated heterocycles. The highest BCUT2D eigenvalue weighted by Crippen LogP contribution is 2.25. The topological polar surface area (TPSA) is 40.5 Å². The molecule has 1 aromatic rings. The Kier molecular flexibility index (Phi) is 6.87. The van der Waals surface area contributed by atoms with Crippen LogP contribution in [0.3, 0.4) is 0 Å². The summed E-state index contributed by atoms with van der Waals surface area (Å²) in [6.07, 6.45) is 6.84. The lowest BCUT2D eigenvalue weighted by atomic mass is 10.1. The van der Waals surface area contributed by atoms with E-state index in [0.717, 1.165) is 41.7 Å². The Morgan fingerprint density at radius 2 is 2.05 bits per heavy atom. The molecule has 1 heterocycles. The summed E-state index contributed by atoms with van der Waals surface area (Å²) in [7, 11) is 0. The molecule has 0 unspecified atom stereocenters. The van der Waals surface area contributed by atoms with Crippen LogP contribution < -0.4 is 0 Å². The van der Waals surface area contributed by atoms with Crippen LogP contribution in [0.5, 0.6) is 0 Å². The lowest BCUT2D eigenvalue weighted by Gasteiger charge is -2.21. The number of likely N-dealkylation sites (tertiary alicyclic amines) is 1. The second-order valence-corrected chi connectivity index (χ2v) is 6.61. The first kappa shape index (κ1) is 17.5. The quantitative estimate of drug-likeness (QED) is 0.927. The standard InChI is InChI=1S/C9H11ClO.C9H15NO/c1-7-3-2-4-9(10)8(7)5-6-11;11-9-5-6-10(7-9)8-3-1-2-4-8/h2-4,11H,5-6H2,1H3;8H,1-7H2. The predicted octanol–water partition coefficient (Wildman–Crippen LogP) is 3.39. The van der Waals surface area contributed by atoms with Crippen LogP contribution in [0.1, 0.15) is 43.2 Å². The zero-order valence-corrected chi connectivity index (χ0v) is 14.1. The zero-order valence-electron chi connectivity index (χ0n) is 13.4. The molecule has 2 fully saturated rings. The molecule has 1 saturated carbocycles. The molecule has 4 heteroatoms. The monoisotopic (exact) mass is 323 g/mol. The van der Waals surface area contributed by atoms with Crippen LogP contribution in [0, 0.1) is 6.92 Å². The number of hydrogen-bond acceptors (Lipinski definition) is 3. The van der Waals surface area contributed by atoms with Crippen LogP contribution in [0.25, 0.3) is 0 Å². The van der Waals surface area contributed by atoms with E-state index in [1.807, 2.05) is 25.1 Å². The van der Waals surface area contributed by atoms with Gasteiger partial charge in [-0.05, 0) is 43.4 Å². The SMILES string of the molecule is Cc1cccc(Cl)c1CCO.O=C1CCN(C2CCCC2)C1. The molecule has 1 N–H and O–H groups in total. The molecule has 0 amide bonds. The summed E-state index contributed by atoms with van der Waals surface area (Å²) >= 11 is 5.90. The molecule has 0 spiro atoms. The largest absolute Gasteiger partial charge is 0.396 e. The number of aryl methyl sites for hydroxylation is 1. The molecule has 1 aromatic carbocycles. The molecule has 0 atom stereocenters. The van der Waals surface area contributed by atoms with Gasteiger partial charge < -0.3 is 5.11 Å². The van der Waals surface area contributed by atoms with Crippen LogP contribution in [0.4, 0.5) is 0 Å². The lowest BCUT2D eigenvalue weighted by Crippen LogP contribution is -2.30. The maximum absolute atomic E-state index is 11.0. The normalized spacial score (nSPS) is 19.3. The van der Waals surface area contributed by atoms with E-state index in [1.54, 1.807) is 0 Å². The first-order valence-electron chi connectivity index (χ1n) is 8.22.